The lowest BCUT2D eigenvalue weighted by molar-refractivity contribution is -0.150. The van der Waals surface area contributed by atoms with Crippen LogP contribution in [0.3, 0.4) is 0 Å². The van der Waals surface area contributed by atoms with Crippen molar-refractivity contribution < 1.29 is 39.2 Å². The van der Waals surface area contributed by atoms with E-state index in [1.807, 2.05) is 40.7 Å². The highest BCUT2D eigenvalue weighted by Gasteiger charge is 2.65. The number of allylic oxidation sites excluding steroid dienone is 1. The third kappa shape index (κ3) is 4.94. The van der Waals surface area contributed by atoms with E-state index in [1.165, 1.54) is 0 Å². The topological polar surface area (TPSA) is 161 Å². The summed E-state index contributed by atoms with van der Waals surface area (Å²) < 4.78 is 6.09. The van der Waals surface area contributed by atoms with E-state index in [-0.39, 0.29) is 41.2 Å². The molecule has 1 unspecified atom stereocenters. The Kier molecular flexibility index (Phi) is 7.75. The molecular formula is C35H44N2O8. The Labute approximate surface area is 263 Å². The van der Waals surface area contributed by atoms with Crippen LogP contribution in [0.15, 0.2) is 45.3 Å². The molecule has 0 aliphatic heterocycles. The summed E-state index contributed by atoms with van der Waals surface area (Å²) in [6.45, 7) is 13.4. The zero-order chi connectivity index (χ0) is 33.5. The number of hydrogen-bond acceptors (Lipinski definition) is 10. The number of hydrogen-bond donors (Lipinski definition) is 5. The lowest BCUT2D eigenvalue weighted by atomic mass is 9.53. The number of ketones is 3. The van der Waals surface area contributed by atoms with Gasteiger partial charge in [-0.1, -0.05) is 20.8 Å². The average molecular weight is 621 g/mol. The second-order valence-corrected chi connectivity index (χ2v) is 14.7. The Bertz CT molecular complexity index is 1690. The van der Waals surface area contributed by atoms with E-state index < -0.39 is 57.4 Å². The number of phenolic OH excluding ortho intramolecular Hbond substituents is 1. The Morgan fingerprint density at radius 3 is 2.36 bits per heavy atom. The maximum atomic E-state index is 14.5. The van der Waals surface area contributed by atoms with Gasteiger partial charge in [-0.25, -0.2) is 0 Å². The number of fused-ring (bicyclic) bond motifs is 3. The van der Waals surface area contributed by atoms with E-state index in [9.17, 15) is 34.8 Å². The second kappa shape index (κ2) is 10.7. The summed E-state index contributed by atoms with van der Waals surface area (Å²) in [5.41, 5.74) is -2.88. The number of aliphatic hydroxyl groups is 3. The van der Waals surface area contributed by atoms with Crippen LogP contribution < -0.4 is 5.32 Å². The summed E-state index contributed by atoms with van der Waals surface area (Å²) in [5.74, 6) is -4.34. The summed E-state index contributed by atoms with van der Waals surface area (Å²) in [5, 5.41) is 50.0. The van der Waals surface area contributed by atoms with Crippen LogP contribution in [0.4, 0.5) is 0 Å². The number of benzene rings is 1. The first-order valence-electron chi connectivity index (χ1n) is 15.3. The number of furan rings is 1. The zero-order valence-electron chi connectivity index (χ0n) is 27.5. The Hall–Kier alpha value is -3.73. The predicted octanol–water partition coefficient (Wildman–Crippen LogP) is 4.89. The van der Waals surface area contributed by atoms with Gasteiger partial charge in [0, 0.05) is 22.4 Å². The Morgan fingerprint density at radius 2 is 1.80 bits per heavy atom. The van der Waals surface area contributed by atoms with Crippen LogP contribution in [-0.2, 0) is 22.6 Å². The number of likely N-dealkylation sites (N-methyl/N-ethyl adjacent to an activating group) is 1. The first-order valence-corrected chi connectivity index (χ1v) is 15.3. The number of nitrogens with one attached hydrogen (secondary N) is 1. The van der Waals surface area contributed by atoms with Crippen molar-refractivity contribution in [1.29, 1.82) is 0 Å². The van der Waals surface area contributed by atoms with Gasteiger partial charge in [0.25, 0.3) is 0 Å². The molecule has 0 amide bonds. The summed E-state index contributed by atoms with van der Waals surface area (Å²) in [4.78, 5) is 42.3. The summed E-state index contributed by atoms with van der Waals surface area (Å²) in [6.07, 6.45) is 0.263. The lowest BCUT2D eigenvalue weighted by Gasteiger charge is -2.53. The first kappa shape index (κ1) is 32.7. The van der Waals surface area contributed by atoms with Gasteiger partial charge in [-0.2, -0.15) is 0 Å². The van der Waals surface area contributed by atoms with Crippen LogP contribution in [0, 0.1) is 11.3 Å². The van der Waals surface area contributed by atoms with Gasteiger partial charge < -0.3 is 30.2 Å². The molecule has 10 nitrogen and oxygen atoms in total. The maximum absolute atomic E-state index is 14.5. The molecule has 0 bridgehead atoms. The highest BCUT2D eigenvalue weighted by molar-refractivity contribution is 6.25. The van der Waals surface area contributed by atoms with Crippen LogP contribution in [0.5, 0.6) is 5.75 Å². The normalized spacial score (nSPS) is 26.8. The highest BCUT2D eigenvalue weighted by atomic mass is 16.4. The molecule has 0 radical (unpaired) electrons. The summed E-state index contributed by atoms with van der Waals surface area (Å²) in [7, 11) is 3.29. The van der Waals surface area contributed by atoms with Crippen LogP contribution in [0.1, 0.15) is 88.1 Å². The molecule has 0 saturated carbocycles. The lowest BCUT2D eigenvalue weighted by Crippen LogP contribution is -2.64. The fourth-order valence-corrected chi connectivity index (χ4v) is 7.49. The minimum Gasteiger partial charge on any atom is -0.510 e. The number of carbonyl (C=O) groups is 3. The maximum Gasteiger partial charge on any atom is 0.209 e. The van der Waals surface area contributed by atoms with E-state index in [0.717, 1.165) is 12.5 Å². The first-order chi connectivity index (χ1) is 20.7. The van der Waals surface area contributed by atoms with Gasteiger partial charge in [-0.05, 0) is 89.9 Å². The molecule has 5 rings (SSSR count). The van der Waals surface area contributed by atoms with Crippen molar-refractivity contribution in [1.82, 2.24) is 10.2 Å². The van der Waals surface area contributed by atoms with Crippen molar-refractivity contribution >= 4 is 17.3 Å². The average Bonchev–Trinajstić information content (AvgIpc) is 3.37. The molecule has 0 fully saturated rings. The van der Waals surface area contributed by atoms with Crippen LogP contribution >= 0.6 is 0 Å². The molecule has 4 atom stereocenters. The van der Waals surface area contributed by atoms with Crippen LogP contribution in [0.2, 0.25) is 0 Å². The van der Waals surface area contributed by atoms with Crippen molar-refractivity contribution in [2.24, 2.45) is 11.3 Å². The van der Waals surface area contributed by atoms with Gasteiger partial charge in [0.1, 0.15) is 34.4 Å². The molecule has 3 aliphatic rings. The third-order valence-corrected chi connectivity index (χ3v) is 9.61. The predicted molar refractivity (Wildman–Crippen MR) is 168 cm³/mol. The minimum atomic E-state index is -2.63. The van der Waals surface area contributed by atoms with Gasteiger partial charge in [0.2, 0.25) is 5.78 Å². The van der Waals surface area contributed by atoms with Crippen LogP contribution in [-0.4, -0.2) is 74.0 Å². The van der Waals surface area contributed by atoms with Crippen LogP contribution in [0.25, 0.3) is 11.3 Å². The van der Waals surface area contributed by atoms with Crippen molar-refractivity contribution in [3.8, 4) is 17.1 Å². The second-order valence-electron chi connectivity index (χ2n) is 14.7. The number of aromatic hydroxyl groups is 1. The standard InChI is InChI=1S/C35H44N2O8/c1-16(2)19-12-20(23-11-10-18(45-23)15-36-33(4,5)6)28(39)25-21(19)13-34(7)14-22-27(37(8)9)30(41)24(17(3)38)31(42)35(22,44)32(43)26(34)29(25)40/h10-12,16,22,27,36,39,41,43-44H,13-15H2,1-9H3/t22-,27?,34-,35+/m1/s1. The van der Waals surface area contributed by atoms with Gasteiger partial charge in [0.05, 0.1) is 23.7 Å². The number of aliphatic hydroxyl groups excluding tert-OH is 2. The molecule has 2 aromatic rings. The van der Waals surface area contributed by atoms with E-state index in [0.29, 0.717) is 29.2 Å². The van der Waals surface area contributed by atoms with Gasteiger partial charge in [0.15, 0.2) is 17.2 Å². The fourth-order valence-electron chi connectivity index (χ4n) is 7.49. The molecule has 10 heteroatoms. The Balaban J connectivity index is 1.71. The smallest absolute Gasteiger partial charge is 0.209 e. The number of phenols is 1. The number of rotatable bonds is 6. The molecule has 1 heterocycles. The molecule has 0 spiro atoms. The summed E-state index contributed by atoms with van der Waals surface area (Å²) in [6, 6.07) is 4.39. The van der Waals surface area contributed by atoms with E-state index in [4.69, 9.17) is 4.42 Å². The van der Waals surface area contributed by atoms with Gasteiger partial charge in [-0.3, -0.25) is 19.3 Å². The molecule has 5 N–H and O–H groups in total. The third-order valence-electron chi connectivity index (χ3n) is 9.61. The quantitative estimate of drug-likeness (QED) is 0.282. The Morgan fingerprint density at radius 1 is 1.16 bits per heavy atom. The van der Waals surface area contributed by atoms with Crippen molar-refractivity contribution in [3.63, 3.8) is 0 Å². The van der Waals surface area contributed by atoms with Gasteiger partial charge in [-0.15, -0.1) is 0 Å². The molecule has 1 aromatic heterocycles. The van der Waals surface area contributed by atoms with E-state index in [2.05, 4.69) is 5.32 Å². The molecule has 3 aliphatic carbocycles. The molecule has 242 valence electrons. The highest BCUT2D eigenvalue weighted by Crippen LogP contribution is 2.58. The molecule has 1 aromatic carbocycles. The SMILES string of the molecule is CC(=O)C1=C(O)C(N(C)C)[C@H]2C[C@@]3(C)Cc4c(C(C)C)cc(-c5ccc(CNC(C)(C)C)o5)c(O)c4C(=O)C3=C(O)[C@@]2(O)C1=O. The zero-order valence-corrected chi connectivity index (χ0v) is 27.5. The van der Waals surface area contributed by atoms with Crippen molar-refractivity contribution in [2.75, 3.05) is 14.1 Å². The number of carbonyl (C=O) groups excluding carboxylic acids is 3. The monoisotopic (exact) mass is 620 g/mol. The number of Topliss-reactive ketones (excluding diaryl/α,β-unsaturated/α-hetero) is 3. The number of nitrogens with zero attached hydrogens (tertiary/aromatic N) is 1. The van der Waals surface area contributed by atoms with E-state index >= 15 is 0 Å². The largest absolute Gasteiger partial charge is 0.510 e. The minimum absolute atomic E-state index is 0.0133. The van der Waals surface area contributed by atoms with E-state index in [1.54, 1.807) is 38.1 Å². The van der Waals surface area contributed by atoms with Gasteiger partial charge >= 0.3 is 0 Å². The molecule has 45 heavy (non-hydrogen) atoms. The molecule has 0 saturated heterocycles. The molecular weight excluding hydrogens is 576 g/mol. The fraction of sp³-hybridized carbons (Fsp3) is 0.514. The summed E-state index contributed by atoms with van der Waals surface area (Å²) >= 11 is 0. The van der Waals surface area contributed by atoms with Crippen molar-refractivity contribution in [3.05, 3.63) is 63.3 Å². The van der Waals surface area contributed by atoms with Crippen molar-refractivity contribution in [2.45, 2.75) is 91.0 Å².